The third kappa shape index (κ3) is 5.92. The van der Waals surface area contributed by atoms with Crippen LogP contribution in [0, 0.1) is 0 Å². The number of hydrogen-bond donors (Lipinski definition) is 2. The summed E-state index contributed by atoms with van der Waals surface area (Å²) < 4.78 is 32.5. The Morgan fingerprint density at radius 1 is 1.10 bits per heavy atom. The molecule has 0 fully saturated rings. The molecule has 3 rings (SSSR count). The molecule has 1 aliphatic rings. The van der Waals surface area contributed by atoms with Gasteiger partial charge in [0.2, 0.25) is 5.91 Å². The van der Waals surface area contributed by atoms with Crippen LogP contribution in [0.3, 0.4) is 0 Å². The lowest BCUT2D eigenvalue weighted by Gasteiger charge is -2.14. The summed E-state index contributed by atoms with van der Waals surface area (Å²) in [5, 5.41) is 2.93. The molecule has 7 nitrogen and oxygen atoms in total. The van der Waals surface area contributed by atoms with Crippen LogP contribution in [0.15, 0.2) is 58.4 Å². The Bertz CT molecular complexity index is 1030. The first-order chi connectivity index (χ1) is 14.9. The number of sulfonamides is 1. The van der Waals surface area contributed by atoms with E-state index < -0.39 is 16.1 Å². The van der Waals surface area contributed by atoms with E-state index in [1.165, 1.54) is 6.07 Å². The van der Waals surface area contributed by atoms with Crippen LogP contribution in [-0.4, -0.2) is 32.8 Å². The Balaban J connectivity index is 1.71. The zero-order valence-electron chi connectivity index (χ0n) is 17.9. The summed E-state index contributed by atoms with van der Waals surface area (Å²) in [4.78, 5) is 17.6. The van der Waals surface area contributed by atoms with E-state index in [9.17, 15) is 13.2 Å². The molecule has 2 aromatic rings. The number of amides is 1. The van der Waals surface area contributed by atoms with Gasteiger partial charge in [0.25, 0.3) is 10.0 Å². The summed E-state index contributed by atoms with van der Waals surface area (Å²) in [5.41, 5.74) is 2.56. The highest BCUT2D eigenvalue weighted by atomic mass is 32.2. The van der Waals surface area contributed by atoms with Crippen LogP contribution in [0.5, 0.6) is 0 Å². The number of carbonyl (C=O) groups is 1. The van der Waals surface area contributed by atoms with Gasteiger partial charge in [-0.1, -0.05) is 56.2 Å². The van der Waals surface area contributed by atoms with Gasteiger partial charge in [0.05, 0.1) is 11.5 Å². The summed E-state index contributed by atoms with van der Waals surface area (Å²) in [6, 6.07) is 13.9. The van der Waals surface area contributed by atoms with Crippen LogP contribution in [-0.2, 0) is 32.7 Å². The second kappa shape index (κ2) is 10.5. The molecular formula is C23H29N3O4S. The SMILES string of the molecule is CCCCC(N=C1NS(=O)(=O)c2ccccc21)C(=O)NCc1ccc(COCC)cc1. The summed E-state index contributed by atoms with van der Waals surface area (Å²) >= 11 is 0. The minimum absolute atomic E-state index is 0.190. The van der Waals surface area contributed by atoms with Crippen molar-refractivity contribution in [1.29, 1.82) is 0 Å². The first kappa shape index (κ1) is 23.0. The average Bonchev–Trinajstić information content (AvgIpc) is 3.04. The molecule has 0 saturated heterocycles. The monoisotopic (exact) mass is 443 g/mol. The fraction of sp³-hybridized carbons (Fsp3) is 0.391. The van der Waals surface area contributed by atoms with Crippen molar-refractivity contribution in [3.05, 3.63) is 65.2 Å². The maximum Gasteiger partial charge on any atom is 0.263 e. The Morgan fingerprint density at radius 3 is 2.52 bits per heavy atom. The number of aliphatic imine (C=N–C) groups is 1. The van der Waals surface area contributed by atoms with Gasteiger partial charge < -0.3 is 10.1 Å². The van der Waals surface area contributed by atoms with Crippen LogP contribution in [0.4, 0.5) is 0 Å². The number of unbranched alkanes of at least 4 members (excludes halogenated alkanes) is 1. The molecule has 2 aromatic carbocycles. The number of amidine groups is 1. The van der Waals surface area contributed by atoms with Gasteiger partial charge in [-0.3, -0.25) is 14.5 Å². The van der Waals surface area contributed by atoms with Gasteiger partial charge in [-0.15, -0.1) is 0 Å². The van der Waals surface area contributed by atoms with Crippen molar-refractivity contribution in [3.63, 3.8) is 0 Å². The molecule has 31 heavy (non-hydrogen) atoms. The Labute approximate surface area is 184 Å². The van der Waals surface area contributed by atoms with Crippen LogP contribution in [0.25, 0.3) is 0 Å². The van der Waals surface area contributed by atoms with Gasteiger partial charge in [-0.2, -0.15) is 0 Å². The number of ether oxygens (including phenoxy) is 1. The number of carbonyl (C=O) groups excluding carboxylic acids is 1. The standard InChI is InChI=1S/C23H29N3O4S/c1-3-5-9-20(25-22-19-8-6-7-10-21(19)31(28,29)26-22)23(27)24-15-17-11-13-18(14-12-17)16-30-4-2/h6-8,10-14,20H,3-5,9,15-16H2,1-2H3,(H,24,27)(H,25,26). The highest BCUT2D eigenvalue weighted by Gasteiger charge is 2.31. The Morgan fingerprint density at radius 2 is 1.81 bits per heavy atom. The molecule has 1 heterocycles. The van der Waals surface area contributed by atoms with Gasteiger partial charge in [-0.05, 0) is 36.6 Å². The van der Waals surface area contributed by atoms with Crippen molar-refractivity contribution >= 4 is 21.8 Å². The zero-order valence-corrected chi connectivity index (χ0v) is 18.7. The van der Waals surface area contributed by atoms with Gasteiger partial charge in [0.15, 0.2) is 0 Å². The molecule has 1 atom stereocenters. The topological polar surface area (TPSA) is 96.9 Å². The molecule has 1 aliphatic heterocycles. The molecule has 166 valence electrons. The quantitative estimate of drug-likeness (QED) is 0.590. The van der Waals surface area contributed by atoms with Gasteiger partial charge in [-0.25, -0.2) is 8.42 Å². The second-order valence-corrected chi connectivity index (χ2v) is 9.06. The van der Waals surface area contributed by atoms with Crippen molar-refractivity contribution in [2.45, 2.75) is 57.2 Å². The van der Waals surface area contributed by atoms with Crippen molar-refractivity contribution < 1.29 is 17.9 Å². The van der Waals surface area contributed by atoms with Crippen molar-refractivity contribution in [2.24, 2.45) is 4.99 Å². The molecule has 0 aliphatic carbocycles. The molecule has 0 aromatic heterocycles. The van der Waals surface area contributed by atoms with Crippen LogP contribution < -0.4 is 10.0 Å². The molecular weight excluding hydrogens is 414 g/mol. The molecule has 8 heteroatoms. The van der Waals surface area contributed by atoms with E-state index in [1.807, 2.05) is 38.1 Å². The number of benzene rings is 2. The average molecular weight is 444 g/mol. The largest absolute Gasteiger partial charge is 0.377 e. The molecule has 1 amide bonds. The predicted molar refractivity (Wildman–Crippen MR) is 120 cm³/mol. The minimum Gasteiger partial charge on any atom is -0.377 e. The molecule has 1 unspecified atom stereocenters. The predicted octanol–water partition coefficient (Wildman–Crippen LogP) is 3.14. The lowest BCUT2D eigenvalue weighted by molar-refractivity contribution is -0.122. The third-order valence-corrected chi connectivity index (χ3v) is 6.44. The summed E-state index contributed by atoms with van der Waals surface area (Å²) in [6.07, 6.45) is 2.27. The van der Waals surface area contributed by atoms with E-state index in [0.717, 1.165) is 24.0 Å². The second-order valence-electron chi connectivity index (χ2n) is 7.41. The minimum atomic E-state index is -3.64. The van der Waals surface area contributed by atoms with Crippen molar-refractivity contribution in [3.8, 4) is 0 Å². The lowest BCUT2D eigenvalue weighted by Crippen LogP contribution is -2.35. The number of nitrogens with one attached hydrogen (secondary N) is 2. The number of hydrogen-bond acceptors (Lipinski definition) is 5. The van der Waals surface area contributed by atoms with Crippen molar-refractivity contribution in [1.82, 2.24) is 10.0 Å². The van der Waals surface area contributed by atoms with Gasteiger partial charge >= 0.3 is 0 Å². The van der Waals surface area contributed by atoms with E-state index in [2.05, 4.69) is 15.0 Å². The molecule has 0 spiro atoms. The maximum atomic E-state index is 12.9. The van der Waals surface area contributed by atoms with E-state index in [4.69, 9.17) is 4.74 Å². The van der Waals surface area contributed by atoms with Crippen molar-refractivity contribution in [2.75, 3.05) is 6.61 Å². The van der Waals surface area contributed by atoms with Crippen LogP contribution in [0.1, 0.15) is 49.8 Å². The fourth-order valence-corrected chi connectivity index (χ4v) is 4.56. The van der Waals surface area contributed by atoms with E-state index >= 15 is 0 Å². The first-order valence-corrected chi connectivity index (χ1v) is 12.1. The normalized spacial score (nSPS) is 16.5. The zero-order chi connectivity index (χ0) is 22.3. The number of nitrogens with zero attached hydrogens (tertiary/aromatic N) is 1. The first-order valence-electron chi connectivity index (χ1n) is 10.6. The van der Waals surface area contributed by atoms with Gasteiger partial charge in [0.1, 0.15) is 11.9 Å². The molecule has 0 saturated carbocycles. The third-order valence-electron chi connectivity index (χ3n) is 5.04. The lowest BCUT2D eigenvalue weighted by atomic mass is 10.1. The van der Waals surface area contributed by atoms with E-state index in [0.29, 0.717) is 31.7 Å². The molecule has 0 radical (unpaired) electrons. The van der Waals surface area contributed by atoms with Crippen LogP contribution in [0.2, 0.25) is 0 Å². The van der Waals surface area contributed by atoms with Gasteiger partial charge in [0, 0.05) is 18.7 Å². The van der Waals surface area contributed by atoms with E-state index in [-0.39, 0.29) is 16.6 Å². The summed E-state index contributed by atoms with van der Waals surface area (Å²) in [5.74, 6) is 0.00931. The summed E-state index contributed by atoms with van der Waals surface area (Å²) in [6.45, 7) is 5.61. The highest BCUT2D eigenvalue weighted by molar-refractivity contribution is 7.90. The number of rotatable bonds is 10. The molecule has 0 bridgehead atoms. The Kier molecular flexibility index (Phi) is 7.81. The Hall–Kier alpha value is -2.71. The number of fused-ring (bicyclic) bond motifs is 1. The smallest absolute Gasteiger partial charge is 0.263 e. The van der Waals surface area contributed by atoms with Crippen LogP contribution >= 0.6 is 0 Å². The molecule has 2 N–H and O–H groups in total. The highest BCUT2D eigenvalue weighted by Crippen LogP contribution is 2.23. The van der Waals surface area contributed by atoms with E-state index in [1.54, 1.807) is 18.2 Å². The summed E-state index contributed by atoms with van der Waals surface area (Å²) in [7, 11) is -3.64. The fourth-order valence-electron chi connectivity index (χ4n) is 3.32. The maximum absolute atomic E-state index is 12.9.